The van der Waals surface area contributed by atoms with E-state index in [4.69, 9.17) is 16.5 Å². The maximum absolute atomic E-state index is 5.63. The van der Waals surface area contributed by atoms with Crippen LogP contribution in [-0.2, 0) is 0 Å². The van der Waals surface area contributed by atoms with Gasteiger partial charge in [0.15, 0.2) is 0 Å². The normalized spacial score (nSPS) is 13.6. The summed E-state index contributed by atoms with van der Waals surface area (Å²) in [6, 6.07) is 73.4. The van der Waals surface area contributed by atoms with Gasteiger partial charge in [0.05, 0.1) is 32.6 Å². The van der Waals surface area contributed by atoms with Crippen LogP contribution in [0.1, 0.15) is 5.56 Å². The summed E-state index contributed by atoms with van der Waals surface area (Å²) in [7, 11) is 0. The highest BCUT2D eigenvalue weighted by atomic mass is 32.1. The van der Waals surface area contributed by atoms with Gasteiger partial charge in [-0.2, -0.15) is 0 Å². The Hall–Kier alpha value is -8.12. The molecular formula is C59H40N4S. The van der Waals surface area contributed by atoms with Crippen molar-refractivity contribution < 1.29 is 0 Å². The molecule has 64 heavy (non-hydrogen) atoms. The number of fused-ring (bicyclic) bond motifs is 6. The molecule has 0 spiro atoms. The Morgan fingerprint density at radius 1 is 0.500 bits per heavy atom. The second kappa shape index (κ2) is 15.7. The van der Waals surface area contributed by atoms with E-state index in [9.17, 15) is 0 Å². The van der Waals surface area contributed by atoms with E-state index >= 15 is 0 Å². The highest BCUT2D eigenvalue weighted by Gasteiger charge is 2.26. The summed E-state index contributed by atoms with van der Waals surface area (Å²) in [6.45, 7) is 5.30. The maximum Gasteiger partial charge on any atom is 0.231 e. The predicted molar refractivity (Wildman–Crippen MR) is 271 cm³/mol. The lowest BCUT2D eigenvalue weighted by Gasteiger charge is -2.25. The Kier molecular flexibility index (Phi) is 9.20. The summed E-state index contributed by atoms with van der Waals surface area (Å²) < 4.78 is 3.44. The van der Waals surface area contributed by atoms with E-state index < -0.39 is 0 Å². The van der Waals surface area contributed by atoms with E-state index in [1.165, 1.54) is 26.7 Å². The third kappa shape index (κ3) is 6.45. The molecule has 3 aromatic heterocycles. The first-order valence-electron chi connectivity index (χ1n) is 21.6. The first-order valence-corrected chi connectivity index (χ1v) is 22.5. The van der Waals surface area contributed by atoms with Crippen molar-refractivity contribution in [2.45, 2.75) is 0 Å². The highest BCUT2D eigenvalue weighted by molar-refractivity contribution is 7.23. The molecule has 4 heterocycles. The van der Waals surface area contributed by atoms with Gasteiger partial charge in [0, 0.05) is 44.6 Å². The van der Waals surface area contributed by atoms with E-state index in [0.717, 1.165) is 82.2 Å². The fraction of sp³-hybridized carbons (Fsp3) is 0.0169. The first kappa shape index (κ1) is 37.6. The Morgan fingerprint density at radius 2 is 1.11 bits per heavy atom. The molecular weight excluding hydrogens is 797 g/mol. The van der Waals surface area contributed by atoms with E-state index in [2.05, 4.69) is 228 Å². The highest BCUT2D eigenvalue weighted by Crippen LogP contribution is 2.48. The SMILES string of the molecule is C=C1/C=c2/cccc/c2=C/CN(c2nc(-c3ccccc3)c3sc(-c4ccccc4)c(-c4ccccc4)c3n2)c2ccc(-c3ccc4c5ccccc5n(-c5ccccc5)c4c3)cc21. The monoisotopic (exact) mass is 836 g/mol. The molecule has 1 aliphatic rings. The molecule has 0 saturated heterocycles. The second-order valence-electron chi connectivity index (χ2n) is 16.2. The summed E-state index contributed by atoms with van der Waals surface area (Å²) in [5.74, 6) is 0.632. The molecule has 0 atom stereocenters. The molecule has 4 nitrogen and oxygen atoms in total. The van der Waals surface area contributed by atoms with Gasteiger partial charge in [-0.05, 0) is 80.7 Å². The number of hydrogen-bond donors (Lipinski definition) is 0. The average Bonchev–Trinajstić information content (AvgIpc) is 3.92. The van der Waals surface area contributed by atoms with Crippen LogP contribution < -0.4 is 15.3 Å². The molecule has 8 aromatic carbocycles. The number of hydrogen-bond acceptors (Lipinski definition) is 4. The number of allylic oxidation sites excluding steroid dienone is 1. The van der Waals surface area contributed by atoms with Crippen molar-refractivity contribution in [1.82, 2.24) is 14.5 Å². The summed E-state index contributed by atoms with van der Waals surface area (Å²) in [6.07, 6.45) is 4.50. The minimum absolute atomic E-state index is 0.545. The molecule has 0 bridgehead atoms. The van der Waals surface area contributed by atoms with Gasteiger partial charge in [-0.3, -0.25) is 0 Å². The molecule has 0 saturated carbocycles. The second-order valence-corrected chi connectivity index (χ2v) is 17.2. The average molecular weight is 837 g/mol. The Balaban J connectivity index is 1.10. The van der Waals surface area contributed by atoms with Crippen molar-refractivity contribution in [3.8, 4) is 49.6 Å². The molecule has 11 aromatic rings. The molecule has 12 rings (SSSR count). The number of aromatic nitrogens is 3. The van der Waals surface area contributed by atoms with Gasteiger partial charge in [0.25, 0.3) is 0 Å². The van der Waals surface area contributed by atoms with Crippen molar-refractivity contribution in [1.29, 1.82) is 0 Å². The predicted octanol–water partition coefficient (Wildman–Crippen LogP) is 13.9. The van der Waals surface area contributed by atoms with Crippen LogP contribution in [0, 0.1) is 0 Å². The van der Waals surface area contributed by atoms with E-state index in [1.54, 1.807) is 11.3 Å². The lowest BCUT2D eigenvalue weighted by atomic mass is 9.96. The van der Waals surface area contributed by atoms with Gasteiger partial charge in [-0.15, -0.1) is 11.3 Å². The first-order chi connectivity index (χ1) is 31.7. The zero-order valence-corrected chi connectivity index (χ0v) is 35.7. The van der Waals surface area contributed by atoms with E-state index in [0.29, 0.717) is 12.5 Å². The number of benzene rings is 8. The lowest BCUT2D eigenvalue weighted by molar-refractivity contribution is 1.02. The molecule has 0 aliphatic carbocycles. The van der Waals surface area contributed by atoms with Gasteiger partial charge in [-0.25, -0.2) is 9.97 Å². The van der Waals surface area contributed by atoms with Crippen LogP contribution in [0.5, 0.6) is 0 Å². The number of thiophene rings is 1. The molecule has 302 valence electrons. The number of para-hydroxylation sites is 2. The van der Waals surface area contributed by atoms with Crippen molar-refractivity contribution in [2.75, 3.05) is 11.4 Å². The fourth-order valence-corrected chi connectivity index (χ4v) is 10.6. The van der Waals surface area contributed by atoms with Crippen molar-refractivity contribution in [2.24, 2.45) is 0 Å². The smallest absolute Gasteiger partial charge is 0.231 e. The zero-order valence-electron chi connectivity index (χ0n) is 34.9. The van der Waals surface area contributed by atoms with Crippen molar-refractivity contribution in [3.05, 3.63) is 229 Å². The lowest BCUT2D eigenvalue weighted by Crippen LogP contribution is -2.27. The number of nitrogens with zero attached hydrogens (tertiary/aromatic N) is 4. The molecule has 0 N–H and O–H groups in total. The summed E-state index contributed by atoms with van der Waals surface area (Å²) >= 11 is 1.76. The number of anilines is 2. The minimum Gasteiger partial charge on any atom is -0.309 e. The van der Waals surface area contributed by atoms with Gasteiger partial charge < -0.3 is 9.47 Å². The van der Waals surface area contributed by atoms with Crippen LogP contribution in [0.3, 0.4) is 0 Å². The quantitative estimate of drug-likeness (QED) is 0.167. The van der Waals surface area contributed by atoms with Crippen molar-refractivity contribution in [3.63, 3.8) is 0 Å². The Bertz CT molecular complexity index is 3700. The van der Waals surface area contributed by atoms with E-state index in [1.807, 2.05) is 0 Å². The Labute approximate surface area is 375 Å². The topological polar surface area (TPSA) is 34.0 Å². The van der Waals surface area contributed by atoms with Crippen LogP contribution >= 0.6 is 11.3 Å². The maximum atomic E-state index is 5.63. The Morgan fingerprint density at radius 3 is 1.88 bits per heavy atom. The summed E-state index contributed by atoms with van der Waals surface area (Å²) in [5.41, 5.74) is 14.9. The van der Waals surface area contributed by atoms with Crippen LogP contribution in [0.2, 0.25) is 0 Å². The zero-order chi connectivity index (χ0) is 42.6. The van der Waals surface area contributed by atoms with Crippen LogP contribution in [-0.4, -0.2) is 21.1 Å². The van der Waals surface area contributed by atoms with Gasteiger partial charge >= 0.3 is 0 Å². The summed E-state index contributed by atoms with van der Waals surface area (Å²) in [5, 5.41) is 4.72. The van der Waals surface area contributed by atoms with Gasteiger partial charge in [0.2, 0.25) is 5.95 Å². The molecule has 0 amide bonds. The van der Waals surface area contributed by atoms with Crippen LogP contribution in [0.25, 0.3) is 99.4 Å². The van der Waals surface area contributed by atoms with Gasteiger partial charge in [0.1, 0.15) is 0 Å². The third-order valence-corrected chi connectivity index (χ3v) is 13.6. The van der Waals surface area contributed by atoms with Crippen LogP contribution in [0.4, 0.5) is 11.6 Å². The number of rotatable bonds is 6. The third-order valence-electron chi connectivity index (χ3n) is 12.4. The van der Waals surface area contributed by atoms with Crippen molar-refractivity contribution >= 4 is 72.7 Å². The standard InChI is InChI=1S/C59H40N4S/c1-39-36-44-25-15-14-18-40(44)34-35-62(51-33-31-45(37-50(39)51)46-30-32-49-48-28-16-17-29-52(48)63(53(49)38-46)47-26-12-5-13-27-47)59-60-55(42-21-8-3-9-22-42)58-56(61-59)54(41-19-6-2-7-20-41)57(64-58)43-23-10-4-11-24-43/h2-34,36-38H,1,35H2/b40-34-,44-36-. The molecule has 5 heteroatoms. The fourth-order valence-electron chi connectivity index (χ4n) is 9.33. The van der Waals surface area contributed by atoms with E-state index in [-0.39, 0.29) is 0 Å². The van der Waals surface area contributed by atoms with Gasteiger partial charge in [-0.1, -0.05) is 183 Å². The molecule has 1 aliphatic heterocycles. The minimum atomic E-state index is 0.545. The molecule has 0 radical (unpaired) electrons. The summed E-state index contributed by atoms with van der Waals surface area (Å²) in [4.78, 5) is 14.6. The molecule has 0 fully saturated rings. The largest absolute Gasteiger partial charge is 0.309 e. The van der Waals surface area contributed by atoms with Crippen LogP contribution in [0.15, 0.2) is 213 Å². The molecule has 0 unspecified atom stereocenters.